The van der Waals surface area contributed by atoms with Gasteiger partial charge in [-0.2, -0.15) is 0 Å². The Balaban J connectivity index is 2.57. The number of hydrogen-bond acceptors (Lipinski definition) is 5. The van der Waals surface area contributed by atoms with Gasteiger partial charge < -0.3 is 25.4 Å². The van der Waals surface area contributed by atoms with Gasteiger partial charge in [0.1, 0.15) is 23.4 Å². The highest BCUT2D eigenvalue weighted by atomic mass is 16.6. The van der Waals surface area contributed by atoms with Gasteiger partial charge in [0.05, 0.1) is 0 Å². The van der Waals surface area contributed by atoms with Crippen LogP contribution in [0.15, 0.2) is 42.5 Å². The smallest absolute Gasteiger partial charge is 0.408 e. The third kappa shape index (κ3) is 7.97. The molecule has 0 aliphatic carbocycles. The Morgan fingerprint density at radius 2 is 1.53 bits per heavy atom. The Hall–Kier alpha value is -3.55. The van der Waals surface area contributed by atoms with Gasteiger partial charge in [-0.05, 0) is 83.2 Å². The molecule has 0 saturated heterocycles. The molecule has 2 rings (SSSR count). The molecule has 0 heterocycles. The van der Waals surface area contributed by atoms with Gasteiger partial charge in [0, 0.05) is 11.7 Å². The summed E-state index contributed by atoms with van der Waals surface area (Å²) >= 11 is 0. The van der Waals surface area contributed by atoms with Crippen molar-refractivity contribution in [2.75, 3.05) is 5.32 Å². The lowest BCUT2D eigenvalue weighted by molar-refractivity contribution is -0.144. The van der Waals surface area contributed by atoms with E-state index < -0.39 is 41.6 Å². The van der Waals surface area contributed by atoms with Crippen LogP contribution in [0.3, 0.4) is 0 Å². The number of para-hydroxylation sites is 1. The SMILES string of the molecule is CCC(C)C(NC(=O)OC(C)(C)C)C(=O)N(C(C)C)C(C(=O)Nc1c(C)cccc1C)c1ccc(O)cc1. The maximum atomic E-state index is 14.2. The minimum absolute atomic E-state index is 0.0501. The molecule has 0 aromatic heterocycles. The van der Waals surface area contributed by atoms with E-state index >= 15 is 0 Å². The number of rotatable bonds is 9. The quantitative estimate of drug-likeness (QED) is 0.380. The van der Waals surface area contributed by atoms with Crippen molar-refractivity contribution in [3.05, 3.63) is 59.2 Å². The Kier molecular flexibility index (Phi) is 10.3. The third-order valence-electron chi connectivity index (χ3n) is 6.43. The number of phenols is 1. The zero-order valence-corrected chi connectivity index (χ0v) is 24.1. The molecule has 0 bridgehead atoms. The fourth-order valence-corrected chi connectivity index (χ4v) is 4.26. The lowest BCUT2D eigenvalue weighted by Gasteiger charge is -2.38. The summed E-state index contributed by atoms with van der Waals surface area (Å²) in [5.74, 6) is -0.960. The van der Waals surface area contributed by atoms with Gasteiger partial charge in [-0.15, -0.1) is 0 Å². The molecule has 3 N–H and O–H groups in total. The standard InChI is InChI=1S/C30H43N3O5/c1-10-19(4)25(32-29(37)38-30(7,8)9)28(36)33(18(2)3)26(22-14-16-23(34)17-15-22)27(35)31-24-20(5)12-11-13-21(24)6/h11-19,25-26,34H,10H2,1-9H3,(H,31,35)(H,32,37). The van der Waals surface area contributed by atoms with Gasteiger partial charge in [0.15, 0.2) is 0 Å². The predicted molar refractivity (Wildman–Crippen MR) is 150 cm³/mol. The highest BCUT2D eigenvalue weighted by Crippen LogP contribution is 2.30. The molecule has 0 fully saturated rings. The molecule has 2 aromatic rings. The van der Waals surface area contributed by atoms with Crippen molar-refractivity contribution in [1.82, 2.24) is 10.2 Å². The van der Waals surface area contributed by atoms with E-state index in [1.165, 1.54) is 17.0 Å². The van der Waals surface area contributed by atoms with Crippen LogP contribution in [0.1, 0.15) is 77.6 Å². The summed E-state index contributed by atoms with van der Waals surface area (Å²) in [6, 6.07) is 9.65. The second kappa shape index (κ2) is 12.8. The van der Waals surface area contributed by atoms with Crippen LogP contribution in [-0.2, 0) is 14.3 Å². The van der Waals surface area contributed by atoms with Crippen molar-refractivity contribution in [3.8, 4) is 5.75 Å². The van der Waals surface area contributed by atoms with Crippen LogP contribution in [0.2, 0.25) is 0 Å². The number of nitrogens with one attached hydrogen (secondary N) is 2. The van der Waals surface area contributed by atoms with E-state index in [9.17, 15) is 19.5 Å². The van der Waals surface area contributed by atoms with Crippen molar-refractivity contribution in [2.24, 2.45) is 5.92 Å². The van der Waals surface area contributed by atoms with Gasteiger partial charge in [0.2, 0.25) is 5.91 Å². The Bertz CT molecular complexity index is 1100. The summed E-state index contributed by atoms with van der Waals surface area (Å²) in [6.45, 7) is 16.6. The first-order chi connectivity index (χ1) is 17.7. The number of hydrogen-bond donors (Lipinski definition) is 3. The number of carbonyl (C=O) groups excluding carboxylic acids is 3. The zero-order chi connectivity index (χ0) is 28.8. The summed E-state index contributed by atoms with van der Waals surface area (Å²) in [6.07, 6.45) is -0.0719. The van der Waals surface area contributed by atoms with Crippen molar-refractivity contribution in [3.63, 3.8) is 0 Å². The molecule has 0 radical (unpaired) electrons. The van der Waals surface area contributed by atoms with E-state index in [0.717, 1.165) is 11.1 Å². The highest BCUT2D eigenvalue weighted by Gasteiger charge is 2.39. The summed E-state index contributed by atoms with van der Waals surface area (Å²) in [7, 11) is 0. The van der Waals surface area contributed by atoms with E-state index in [-0.39, 0.29) is 11.7 Å². The topological polar surface area (TPSA) is 108 Å². The summed E-state index contributed by atoms with van der Waals surface area (Å²) in [5, 5.41) is 15.7. The first-order valence-corrected chi connectivity index (χ1v) is 13.1. The molecular weight excluding hydrogens is 482 g/mol. The lowest BCUT2D eigenvalue weighted by Crippen LogP contribution is -2.56. The number of ether oxygens (including phenoxy) is 1. The Morgan fingerprint density at radius 3 is 2.00 bits per heavy atom. The molecule has 0 spiro atoms. The first kappa shape index (κ1) is 30.7. The van der Waals surface area contributed by atoms with Crippen LogP contribution < -0.4 is 10.6 Å². The number of alkyl carbamates (subject to hydrolysis) is 1. The molecular formula is C30H43N3O5. The normalized spacial score (nSPS) is 13.8. The summed E-state index contributed by atoms with van der Waals surface area (Å²) < 4.78 is 5.44. The number of benzene rings is 2. The molecule has 38 heavy (non-hydrogen) atoms. The molecule has 208 valence electrons. The number of nitrogens with zero attached hydrogens (tertiary/aromatic N) is 1. The van der Waals surface area contributed by atoms with Crippen molar-refractivity contribution < 1.29 is 24.2 Å². The molecule has 3 atom stereocenters. The van der Waals surface area contributed by atoms with Crippen LogP contribution in [0, 0.1) is 19.8 Å². The van der Waals surface area contributed by atoms with E-state index in [0.29, 0.717) is 17.7 Å². The maximum absolute atomic E-state index is 14.2. The van der Waals surface area contributed by atoms with Gasteiger partial charge in [-0.1, -0.05) is 50.6 Å². The molecule has 0 aliphatic rings. The molecule has 3 amide bonds. The van der Waals surface area contributed by atoms with Crippen molar-refractivity contribution in [2.45, 2.75) is 92.5 Å². The predicted octanol–water partition coefficient (Wildman–Crippen LogP) is 5.87. The maximum Gasteiger partial charge on any atom is 0.408 e. The van der Waals surface area contributed by atoms with Gasteiger partial charge >= 0.3 is 6.09 Å². The second-order valence-electron chi connectivity index (χ2n) is 11.1. The number of carbonyl (C=O) groups is 3. The van der Waals surface area contributed by atoms with Gasteiger partial charge in [-0.25, -0.2) is 4.79 Å². The van der Waals surface area contributed by atoms with Crippen LogP contribution in [-0.4, -0.2) is 45.6 Å². The fourth-order valence-electron chi connectivity index (χ4n) is 4.26. The summed E-state index contributed by atoms with van der Waals surface area (Å²) in [5.41, 5.74) is 2.28. The van der Waals surface area contributed by atoms with E-state index in [2.05, 4.69) is 10.6 Å². The second-order valence-corrected chi connectivity index (χ2v) is 11.1. The first-order valence-electron chi connectivity index (χ1n) is 13.1. The highest BCUT2D eigenvalue weighted by molar-refractivity contribution is 6.00. The molecule has 3 unspecified atom stereocenters. The number of amides is 3. The third-order valence-corrected chi connectivity index (χ3v) is 6.43. The Labute approximate surface area is 226 Å². The van der Waals surface area contributed by atoms with Gasteiger partial charge in [-0.3, -0.25) is 9.59 Å². The van der Waals surface area contributed by atoms with E-state index in [1.54, 1.807) is 32.9 Å². The lowest BCUT2D eigenvalue weighted by atomic mass is 9.94. The van der Waals surface area contributed by atoms with E-state index in [4.69, 9.17) is 4.74 Å². The van der Waals surface area contributed by atoms with Crippen LogP contribution >= 0.6 is 0 Å². The van der Waals surface area contributed by atoms with Crippen LogP contribution in [0.25, 0.3) is 0 Å². The molecule has 2 aromatic carbocycles. The number of phenolic OH excluding ortho intramolecular Hbond substituents is 1. The number of aromatic hydroxyl groups is 1. The minimum Gasteiger partial charge on any atom is -0.508 e. The van der Waals surface area contributed by atoms with Crippen molar-refractivity contribution >= 4 is 23.6 Å². The largest absolute Gasteiger partial charge is 0.508 e. The minimum atomic E-state index is -1.02. The zero-order valence-electron chi connectivity index (χ0n) is 24.1. The van der Waals surface area contributed by atoms with Crippen LogP contribution in [0.5, 0.6) is 5.75 Å². The Morgan fingerprint density at radius 1 is 0.974 bits per heavy atom. The van der Waals surface area contributed by atoms with E-state index in [1.807, 2.05) is 59.7 Å². The van der Waals surface area contributed by atoms with Gasteiger partial charge in [0.25, 0.3) is 5.91 Å². The molecule has 8 heteroatoms. The molecule has 0 aliphatic heterocycles. The van der Waals surface area contributed by atoms with Crippen LogP contribution in [0.4, 0.5) is 10.5 Å². The fraction of sp³-hybridized carbons (Fsp3) is 0.500. The number of aryl methyl sites for hydroxylation is 2. The molecule has 0 saturated carbocycles. The number of anilines is 1. The van der Waals surface area contributed by atoms with Crippen molar-refractivity contribution in [1.29, 1.82) is 0 Å². The summed E-state index contributed by atoms with van der Waals surface area (Å²) in [4.78, 5) is 42.3. The average molecular weight is 526 g/mol. The average Bonchev–Trinajstić information content (AvgIpc) is 2.81. The molecule has 8 nitrogen and oxygen atoms in total. The monoisotopic (exact) mass is 525 g/mol.